The van der Waals surface area contributed by atoms with E-state index in [0.717, 1.165) is 58.2 Å². The van der Waals surface area contributed by atoms with Crippen molar-refractivity contribution in [2.75, 3.05) is 26.7 Å². The van der Waals surface area contributed by atoms with Crippen molar-refractivity contribution < 1.29 is 9.53 Å². The van der Waals surface area contributed by atoms with Crippen LogP contribution >= 0.6 is 0 Å². The van der Waals surface area contributed by atoms with E-state index in [0.29, 0.717) is 6.04 Å². The van der Waals surface area contributed by atoms with Crippen LogP contribution < -0.4 is 11.1 Å². The summed E-state index contributed by atoms with van der Waals surface area (Å²) in [5.74, 6) is 0.241. The molecule has 0 aromatic heterocycles. The topological polar surface area (TPSA) is 67.6 Å². The summed E-state index contributed by atoms with van der Waals surface area (Å²) in [7, 11) is 1.70. The summed E-state index contributed by atoms with van der Waals surface area (Å²) in [5.41, 5.74) is 7.53. The highest BCUT2D eigenvalue weighted by molar-refractivity contribution is 5.79. The molecule has 1 aromatic carbocycles. The fraction of sp³-hybridized carbons (Fsp3) is 0.667. The fourth-order valence-corrected chi connectivity index (χ4v) is 4.26. The van der Waals surface area contributed by atoms with Crippen molar-refractivity contribution in [1.82, 2.24) is 10.2 Å². The van der Waals surface area contributed by atoms with Crippen molar-refractivity contribution >= 4 is 5.91 Å². The number of rotatable bonds is 6. The van der Waals surface area contributed by atoms with Gasteiger partial charge in [-0.25, -0.2) is 0 Å². The Balaban J connectivity index is 1.36. The molecule has 0 unspecified atom stereocenters. The van der Waals surface area contributed by atoms with Gasteiger partial charge in [-0.3, -0.25) is 4.79 Å². The number of carbonyl (C=O) groups excluding carboxylic acids is 1. The smallest absolute Gasteiger partial charge is 0.223 e. The first-order valence-corrected chi connectivity index (χ1v) is 10.0. The molecular weight excluding hydrogens is 326 g/mol. The van der Waals surface area contributed by atoms with E-state index < -0.39 is 0 Å². The van der Waals surface area contributed by atoms with Crippen LogP contribution in [-0.4, -0.2) is 55.7 Å². The minimum absolute atomic E-state index is 0.0238. The molecule has 2 fully saturated rings. The second-order valence-corrected chi connectivity index (χ2v) is 7.81. The maximum Gasteiger partial charge on any atom is 0.223 e. The van der Waals surface area contributed by atoms with Gasteiger partial charge in [0.15, 0.2) is 0 Å². The van der Waals surface area contributed by atoms with E-state index in [1.54, 1.807) is 7.11 Å². The van der Waals surface area contributed by atoms with E-state index in [2.05, 4.69) is 40.5 Å². The highest BCUT2D eigenvalue weighted by atomic mass is 16.5. The number of benzene rings is 1. The number of carbonyl (C=O) groups is 1. The first kappa shape index (κ1) is 19.3. The van der Waals surface area contributed by atoms with E-state index in [4.69, 9.17) is 10.5 Å². The van der Waals surface area contributed by atoms with E-state index in [-0.39, 0.29) is 24.0 Å². The lowest BCUT2D eigenvalue weighted by Gasteiger charge is -2.35. The van der Waals surface area contributed by atoms with Gasteiger partial charge < -0.3 is 20.7 Å². The average Bonchev–Trinajstić information content (AvgIpc) is 2.68. The first-order valence-electron chi connectivity index (χ1n) is 10.0. The number of likely N-dealkylation sites (tertiary alicyclic amines) is 1. The Kier molecular flexibility index (Phi) is 7.06. The first-order chi connectivity index (χ1) is 12.7. The molecule has 26 heavy (non-hydrogen) atoms. The van der Waals surface area contributed by atoms with E-state index in [1.807, 2.05) is 0 Å². The fourth-order valence-electron chi connectivity index (χ4n) is 4.26. The Bertz CT molecular complexity index is 558. The summed E-state index contributed by atoms with van der Waals surface area (Å²) in [4.78, 5) is 15.1. The number of hydrogen-bond acceptors (Lipinski definition) is 4. The van der Waals surface area contributed by atoms with Crippen LogP contribution in [0.25, 0.3) is 0 Å². The van der Waals surface area contributed by atoms with Crippen molar-refractivity contribution in [3.8, 4) is 0 Å². The Hall–Kier alpha value is -1.43. The van der Waals surface area contributed by atoms with Crippen molar-refractivity contribution in [3.63, 3.8) is 0 Å². The van der Waals surface area contributed by atoms with Crippen molar-refractivity contribution in [2.24, 2.45) is 11.7 Å². The zero-order chi connectivity index (χ0) is 18.4. The van der Waals surface area contributed by atoms with Gasteiger partial charge in [-0.1, -0.05) is 30.3 Å². The second kappa shape index (κ2) is 9.49. The molecule has 1 saturated carbocycles. The normalized spacial score (nSPS) is 28.0. The molecular formula is C21H33N3O2. The van der Waals surface area contributed by atoms with E-state index in [1.165, 1.54) is 5.56 Å². The monoisotopic (exact) mass is 359 g/mol. The Morgan fingerprint density at radius 1 is 1.19 bits per heavy atom. The number of hydrogen-bond donors (Lipinski definition) is 2. The lowest BCUT2D eigenvalue weighted by Crippen LogP contribution is -2.50. The number of nitrogens with one attached hydrogen (secondary N) is 1. The number of piperidine rings is 1. The van der Waals surface area contributed by atoms with E-state index in [9.17, 15) is 4.79 Å². The molecule has 3 rings (SSSR count). The van der Waals surface area contributed by atoms with Crippen LogP contribution in [0.3, 0.4) is 0 Å². The summed E-state index contributed by atoms with van der Waals surface area (Å²) in [6.45, 7) is 3.22. The molecule has 1 aliphatic heterocycles. The lowest BCUT2D eigenvalue weighted by molar-refractivity contribution is -0.128. The van der Waals surface area contributed by atoms with Gasteiger partial charge in [-0.05, 0) is 44.1 Å². The zero-order valence-electron chi connectivity index (χ0n) is 15.9. The van der Waals surface area contributed by atoms with Gasteiger partial charge in [0.25, 0.3) is 0 Å². The van der Waals surface area contributed by atoms with Gasteiger partial charge in [0.2, 0.25) is 5.91 Å². The van der Waals surface area contributed by atoms with Gasteiger partial charge in [0, 0.05) is 44.7 Å². The molecule has 0 radical (unpaired) electrons. The van der Waals surface area contributed by atoms with Crippen LogP contribution in [0.4, 0.5) is 0 Å². The average molecular weight is 360 g/mol. The Morgan fingerprint density at radius 2 is 1.92 bits per heavy atom. The predicted octanol–water partition coefficient (Wildman–Crippen LogP) is 1.95. The highest BCUT2D eigenvalue weighted by Crippen LogP contribution is 2.26. The largest absolute Gasteiger partial charge is 0.380 e. The highest BCUT2D eigenvalue weighted by Gasteiger charge is 2.33. The molecule has 144 valence electrons. The predicted molar refractivity (Wildman–Crippen MR) is 104 cm³/mol. The summed E-state index contributed by atoms with van der Waals surface area (Å²) in [5, 5.41) is 3.27. The van der Waals surface area contributed by atoms with E-state index >= 15 is 0 Å². The molecule has 1 aromatic rings. The molecule has 5 heteroatoms. The minimum atomic E-state index is -0.0238. The number of nitrogens with two attached hydrogens (primary N) is 1. The van der Waals surface area contributed by atoms with Gasteiger partial charge in [-0.2, -0.15) is 0 Å². The third kappa shape index (κ3) is 5.29. The Labute approximate surface area is 157 Å². The molecule has 2 aliphatic rings. The van der Waals surface area contributed by atoms with Crippen molar-refractivity contribution in [3.05, 3.63) is 35.9 Å². The van der Waals surface area contributed by atoms with Crippen LogP contribution in [0.5, 0.6) is 0 Å². The van der Waals surface area contributed by atoms with Gasteiger partial charge in [0.1, 0.15) is 0 Å². The van der Waals surface area contributed by atoms with Crippen molar-refractivity contribution in [2.45, 2.75) is 56.7 Å². The van der Waals surface area contributed by atoms with Crippen LogP contribution in [-0.2, 0) is 16.0 Å². The Morgan fingerprint density at radius 3 is 2.58 bits per heavy atom. The number of ether oxygens (including phenoxy) is 1. The van der Waals surface area contributed by atoms with Gasteiger partial charge in [0.05, 0.1) is 6.10 Å². The molecule has 0 bridgehead atoms. The van der Waals surface area contributed by atoms with Crippen LogP contribution in [0, 0.1) is 5.92 Å². The summed E-state index contributed by atoms with van der Waals surface area (Å²) < 4.78 is 5.39. The number of amides is 1. The molecule has 1 amide bonds. The maximum atomic E-state index is 12.6. The molecule has 3 N–H and O–H groups in total. The van der Waals surface area contributed by atoms with Crippen LogP contribution in [0.1, 0.15) is 37.7 Å². The van der Waals surface area contributed by atoms with Crippen molar-refractivity contribution in [1.29, 1.82) is 0 Å². The third-order valence-electron chi connectivity index (χ3n) is 6.00. The van der Waals surface area contributed by atoms with Gasteiger partial charge >= 0.3 is 0 Å². The molecule has 5 nitrogen and oxygen atoms in total. The molecule has 1 aliphatic carbocycles. The number of methoxy groups -OCH3 is 1. The standard InChI is InChI=1S/C21H33N3O2/c1-26-20-8-7-17(15-19(20)22)21(25)23-18-10-13-24(14-11-18)12-9-16-5-3-2-4-6-16/h2-6,17-20H,7-15,22H2,1H3,(H,23,25)/t17-,19+,20+/m0/s1. The SMILES string of the molecule is CO[C@@H]1CC[C@H](C(=O)NC2CCN(CCc3ccccc3)CC2)C[C@H]1N. The summed E-state index contributed by atoms with van der Waals surface area (Å²) in [6, 6.07) is 10.9. The molecule has 1 saturated heterocycles. The number of nitrogens with zero attached hydrogens (tertiary/aromatic N) is 1. The van der Waals surface area contributed by atoms with Crippen LogP contribution in [0.2, 0.25) is 0 Å². The zero-order valence-corrected chi connectivity index (χ0v) is 15.9. The third-order valence-corrected chi connectivity index (χ3v) is 6.00. The molecule has 3 atom stereocenters. The molecule has 0 spiro atoms. The summed E-state index contributed by atoms with van der Waals surface area (Å²) >= 11 is 0. The van der Waals surface area contributed by atoms with Crippen LogP contribution in [0.15, 0.2) is 30.3 Å². The molecule has 1 heterocycles. The minimum Gasteiger partial charge on any atom is -0.380 e. The lowest BCUT2D eigenvalue weighted by atomic mass is 9.83. The summed E-state index contributed by atoms with van der Waals surface area (Å²) in [6.07, 6.45) is 5.78. The quantitative estimate of drug-likeness (QED) is 0.815. The second-order valence-electron chi connectivity index (χ2n) is 7.81. The van der Waals surface area contributed by atoms with Gasteiger partial charge in [-0.15, -0.1) is 0 Å². The maximum absolute atomic E-state index is 12.6.